The fraction of sp³-hybridized carbons (Fsp3) is 0.111. The van der Waals surface area contributed by atoms with Crippen LogP contribution in [0, 0.1) is 0 Å². The highest BCUT2D eigenvalue weighted by Gasteiger charge is 2.26. The molecule has 0 saturated carbocycles. The van der Waals surface area contributed by atoms with Crippen molar-refractivity contribution in [2.45, 2.75) is 19.4 Å². The quantitative estimate of drug-likeness (QED) is 0.0512. The Balaban J connectivity index is 1.10. The highest BCUT2D eigenvalue weighted by Crippen LogP contribution is 2.41. The van der Waals surface area contributed by atoms with Crippen molar-refractivity contribution in [3.8, 4) is 28.7 Å². The number of aromatic nitrogens is 3. The van der Waals surface area contributed by atoms with E-state index < -0.39 is 52.7 Å². The van der Waals surface area contributed by atoms with Crippen molar-refractivity contribution in [3.05, 3.63) is 141 Å². The Morgan fingerprint density at radius 2 is 1.29 bits per heavy atom. The van der Waals surface area contributed by atoms with Gasteiger partial charge in [0, 0.05) is 28.9 Å². The molecule has 0 spiro atoms. The minimum atomic E-state index is -1.43. The molecule has 1 aromatic heterocycles. The van der Waals surface area contributed by atoms with Crippen LogP contribution < -0.4 is 36.1 Å². The number of aromatic carboxylic acids is 1. The van der Waals surface area contributed by atoms with Gasteiger partial charge in [0.05, 0.1) is 53.6 Å². The Hall–Kier alpha value is -8.91. The van der Waals surface area contributed by atoms with Crippen molar-refractivity contribution in [1.82, 2.24) is 20.7 Å². The minimum absolute atomic E-state index is 0.0638. The maximum absolute atomic E-state index is 13.7. The molecular weight excluding hydrogens is 880 g/mol. The first kappa shape index (κ1) is 46.6. The molecule has 10 N–H and O–H groups in total. The number of methoxy groups -OCH3 is 2. The Morgan fingerprint density at radius 3 is 1.86 bits per heavy atom. The van der Waals surface area contributed by atoms with Crippen molar-refractivity contribution in [2.75, 3.05) is 35.5 Å². The van der Waals surface area contributed by atoms with Gasteiger partial charge in [0.15, 0.2) is 23.0 Å². The summed E-state index contributed by atoms with van der Waals surface area (Å²) in [4.78, 5) is 77.9. The first-order valence-electron chi connectivity index (χ1n) is 19.4. The molecule has 0 radical (unpaired) electrons. The van der Waals surface area contributed by atoms with Gasteiger partial charge in [0.25, 0.3) is 23.6 Å². The van der Waals surface area contributed by atoms with E-state index in [9.17, 15) is 49.2 Å². The van der Waals surface area contributed by atoms with E-state index in [1.807, 2.05) is 0 Å². The molecule has 6 rings (SSSR count). The van der Waals surface area contributed by atoms with Crippen LogP contribution in [0.3, 0.4) is 0 Å². The number of carbonyl (C=O) groups excluding carboxylic acids is 5. The maximum Gasteiger partial charge on any atom is 0.339 e. The molecule has 0 bridgehead atoms. The lowest BCUT2D eigenvalue weighted by molar-refractivity contribution is -0.118. The van der Waals surface area contributed by atoms with Gasteiger partial charge in [-0.25, -0.2) is 4.79 Å². The number of carboxylic acids is 1. The largest absolute Gasteiger partial charge is 0.508 e. The van der Waals surface area contributed by atoms with Crippen LogP contribution in [0.2, 0.25) is 5.02 Å². The van der Waals surface area contributed by atoms with Crippen LogP contribution in [-0.2, 0) is 16.0 Å². The van der Waals surface area contributed by atoms with Gasteiger partial charge in [0.1, 0.15) is 17.4 Å². The second-order valence-corrected chi connectivity index (χ2v) is 14.5. The first-order valence-corrected chi connectivity index (χ1v) is 19.7. The summed E-state index contributed by atoms with van der Waals surface area (Å²) in [5.74, 6) is -6.73. The average Bonchev–Trinajstić information content (AvgIpc) is 3.80. The number of hydrogen-bond donors (Lipinski definition) is 10. The fourth-order valence-corrected chi connectivity index (χ4v) is 6.56. The van der Waals surface area contributed by atoms with E-state index >= 15 is 0 Å². The number of nitrogens with zero attached hydrogens (tertiary/aromatic N) is 2. The van der Waals surface area contributed by atoms with E-state index in [1.54, 1.807) is 25.1 Å². The molecule has 5 aromatic carbocycles. The van der Waals surface area contributed by atoms with E-state index in [4.69, 9.17) is 21.1 Å². The third-order valence-corrected chi connectivity index (χ3v) is 9.98. The van der Waals surface area contributed by atoms with Gasteiger partial charge in [-0.15, -0.1) is 0 Å². The van der Waals surface area contributed by atoms with Crippen LogP contribution in [0.1, 0.15) is 59.6 Å². The number of phenols is 3. The Bertz CT molecular complexity index is 2870. The summed E-state index contributed by atoms with van der Waals surface area (Å²) in [6.07, 6.45) is 2.96. The van der Waals surface area contributed by atoms with Crippen LogP contribution in [-0.4, -0.2) is 91.6 Å². The van der Waals surface area contributed by atoms with Crippen LogP contribution >= 0.6 is 11.6 Å². The topological polar surface area (TPSA) is 304 Å². The zero-order valence-electron chi connectivity index (χ0n) is 34.9. The molecule has 338 valence electrons. The fourth-order valence-electron chi connectivity index (χ4n) is 6.30. The van der Waals surface area contributed by atoms with Crippen molar-refractivity contribution in [1.29, 1.82) is 0 Å². The molecule has 66 heavy (non-hydrogen) atoms. The van der Waals surface area contributed by atoms with Crippen molar-refractivity contribution in [2.24, 2.45) is 0 Å². The number of rotatable bonds is 16. The molecule has 0 fully saturated rings. The summed E-state index contributed by atoms with van der Waals surface area (Å²) in [7, 11) is 2.34. The van der Waals surface area contributed by atoms with Gasteiger partial charge in [-0.05, 0) is 97.4 Å². The second-order valence-electron chi connectivity index (χ2n) is 14.1. The van der Waals surface area contributed by atoms with Crippen LogP contribution in [0.4, 0.5) is 22.7 Å². The number of nitrogens with one attached hydrogen (secondary N) is 6. The van der Waals surface area contributed by atoms with Crippen LogP contribution in [0.25, 0.3) is 6.08 Å². The second kappa shape index (κ2) is 20.5. The Morgan fingerprint density at radius 1 is 0.712 bits per heavy atom. The highest BCUT2D eigenvalue weighted by molar-refractivity contribution is 6.35. The van der Waals surface area contributed by atoms with Crippen molar-refractivity contribution < 1.29 is 58.7 Å². The Kier molecular flexibility index (Phi) is 14.5. The van der Waals surface area contributed by atoms with Gasteiger partial charge < -0.3 is 56.5 Å². The third-order valence-electron chi connectivity index (χ3n) is 9.66. The number of halogens is 1. The number of carbonyl (C=O) groups is 6. The van der Waals surface area contributed by atoms with E-state index in [1.165, 1.54) is 86.1 Å². The van der Waals surface area contributed by atoms with Gasteiger partial charge in [-0.1, -0.05) is 23.7 Å². The molecule has 5 amide bonds. The molecule has 0 aliphatic rings. The molecule has 0 aliphatic carbocycles. The monoisotopic (exact) mass is 918 g/mol. The molecule has 20 nitrogen and oxygen atoms in total. The zero-order chi connectivity index (χ0) is 47.7. The number of aromatic hydroxyl groups is 3. The zero-order valence-corrected chi connectivity index (χ0v) is 35.7. The summed E-state index contributed by atoms with van der Waals surface area (Å²) in [5.41, 5.74) is 1.18. The van der Waals surface area contributed by atoms with Crippen molar-refractivity contribution >= 4 is 75.9 Å². The lowest BCUT2D eigenvalue weighted by Crippen LogP contribution is -2.45. The molecule has 1 atom stereocenters. The van der Waals surface area contributed by atoms with E-state index in [0.717, 1.165) is 13.2 Å². The number of H-pyrrole nitrogens is 1. The summed E-state index contributed by atoms with van der Waals surface area (Å²) < 4.78 is 10.4. The number of aromatic amines is 1. The predicted octanol–water partition coefficient (Wildman–Crippen LogP) is 5.82. The summed E-state index contributed by atoms with van der Waals surface area (Å²) in [5, 5.41) is 63.3. The van der Waals surface area contributed by atoms with E-state index in [2.05, 4.69) is 42.0 Å². The standard InChI is InChI=1S/C45H39ClN8O12/c1-22(18-23-4-11-28(55)12-5-23)40(58)48-25-8-6-24(7-9-25)41(59)52-35(20-27-21-47-54-53-27)44(62)49-26-10-13-29(32(46)19-26)42(60)50-33-16-14-30(36(56)38(33)65-2)43(61)51-34-17-15-31(45(63)64)37(57)39(34)66-3/h4-19,21,35,55-57H,20H2,1-3H3,(H,48,58)(H,49,62)(H,50,60)(H,51,61)(H,52,59)(H,63,64)(H,47,53,54)/b22-18+/t35-/m0/s1. The molecular formula is C45H39ClN8O12. The number of hydrogen-bond acceptors (Lipinski definition) is 13. The van der Waals surface area contributed by atoms with E-state index in [0.29, 0.717) is 22.5 Å². The molecule has 0 saturated heterocycles. The summed E-state index contributed by atoms with van der Waals surface area (Å²) in [6.45, 7) is 1.63. The van der Waals surface area contributed by atoms with Crippen LogP contribution in [0.15, 0.2) is 103 Å². The highest BCUT2D eigenvalue weighted by atomic mass is 35.5. The summed E-state index contributed by atoms with van der Waals surface area (Å²) >= 11 is 6.51. The molecule has 1 heterocycles. The number of benzene rings is 5. The number of ether oxygens (including phenoxy) is 2. The lowest BCUT2D eigenvalue weighted by Gasteiger charge is -2.18. The lowest BCUT2D eigenvalue weighted by atomic mass is 10.1. The average molecular weight is 919 g/mol. The van der Waals surface area contributed by atoms with Gasteiger partial charge in [0.2, 0.25) is 5.91 Å². The van der Waals surface area contributed by atoms with Gasteiger partial charge in [-0.3, -0.25) is 24.0 Å². The Labute approximate surface area is 379 Å². The van der Waals surface area contributed by atoms with Gasteiger partial charge in [-0.2, -0.15) is 15.4 Å². The molecule has 21 heteroatoms. The molecule has 6 aromatic rings. The maximum atomic E-state index is 13.7. The number of anilines is 4. The summed E-state index contributed by atoms with van der Waals surface area (Å²) in [6, 6.07) is 19.8. The predicted molar refractivity (Wildman–Crippen MR) is 240 cm³/mol. The molecule has 0 aliphatic heterocycles. The van der Waals surface area contributed by atoms with Gasteiger partial charge >= 0.3 is 5.97 Å². The number of carboxylic acid groups (broad SMARTS) is 1. The normalized spacial score (nSPS) is 11.4. The minimum Gasteiger partial charge on any atom is -0.508 e. The smallest absolute Gasteiger partial charge is 0.339 e. The number of phenolic OH excluding ortho intramolecular Hbond substituents is 2. The third kappa shape index (κ3) is 11.0. The van der Waals surface area contributed by atoms with Crippen LogP contribution in [0.5, 0.6) is 28.7 Å². The number of amides is 5. The first-order chi connectivity index (χ1) is 31.6. The SMILES string of the molecule is COc1c(NC(=O)c2ccc(NC(=O)c3ccc(NC(=O)[C@H](Cc4cn[nH]n4)NC(=O)c4ccc(NC(=O)/C(C)=C/c5ccc(O)cc5)cc4)cc3Cl)c(OC)c2O)ccc(C(=O)O)c1O. The molecule has 0 unspecified atom stereocenters. The van der Waals surface area contributed by atoms with E-state index in [-0.39, 0.29) is 68.4 Å². The van der Waals surface area contributed by atoms with Crippen molar-refractivity contribution in [3.63, 3.8) is 0 Å².